The van der Waals surface area contributed by atoms with E-state index in [0.717, 1.165) is 33.4 Å². The van der Waals surface area contributed by atoms with Crippen molar-refractivity contribution in [2.45, 2.75) is 33.9 Å². The number of H-pyrrole nitrogens is 1. The standard InChI is InChI=1S/C29H31N5O2/c1-29(2,3)28(36)32-22-12-11-21-17-34(14-13-33(26(21)15-22)18-23-16-30-19-31-23)27(35)25-10-6-8-20-7-4-5-9-24(20)25/h4-12,15-16,19H,13-14,17-18H2,1-3H3,(H,30,31)(H,32,36). The van der Waals surface area contributed by atoms with E-state index in [-0.39, 0.29) is 11.8 Å². The Hall–Kier alpha value is -4.13. The molecule has 2 heterocycles. The van der Waals surface area contributed by atoms with Gasteiger partial charge in [-0.15, -0.1) is 0 Å². The molecule has 0 unspecified atom stereocenters. The Morgan fingerprint density at radius 3 is 2.61 bits per heavy atom. The summed E-state index contributed by atoms with van der Waals surface area (Å²) in [5, 5.41) is 5.06. The van der Waals surface area contributed by atoms with Crippen LogP contribution in [0, 0.1) is 5.41 Å². The molecule has 0 aliphatic carbocycles. The third kappa shape index (κ3) is 4.82. The van der Waals surface area contributed by atoms with E-state index in [2.05, 4.69) is 20.2 Å². The quantitative estimate of drug-likeness (QED) is 0.419. The number of hydrogen-bond acceptors (Lipinski definition) is 4. The number of fused-ring (bicyclic) bond motifs is 2. The largest absolute Gasteiger partial charge is 0.363 e. The number of rotatable bonds is 4. The normalized spacial score (nSPS) is 13.9. The van der Waals surface area contributed by atoms with E-state index in [4.69, 9.17) is 0 Å². The molecule has 1 aliphatic rings. The fourth-order valence-electron chi connectivity index (χ4n) is 4.53. The van der Waals surface area contributed by atoms with Gasteiger partial charge in [-0.1, -0.05) is 63.2 Å². The van der Waals surface area contributed by atoms with E-state index in [9.17, 15) is 9.59 Å². The second kappa shape index (κ2) is 9.49. The van der Waals surface area contributed by atoms with E-state index in [1.165, 1.54) is 0 Å². The zero-order valence-electron chi connectivity index (χ0n) is 20.9. The minimum atomic E-state index is -0.497. The second-order valence-electron chi connectivity index (χ2n) is 10.3. The van der Waals surface area contributed by atoms with Crippen molar-refractivity contribution in [3.05, 3.63) is 90.0 Å². The number of aromatic amines is 1. The van der Waals surface area contributed by atoms with E-state index >= 15 is 0 Å². The first-order valence-electron chi connectivity index (χ1n) is 12.2. The number of nitrogens with zero attached hydrogens (tertiary/aromatic N) is 3. The monoisotopic (exact) mass is 481 g/mol. The summed E-state index contributed by atoms with van der Waals surface area (Å²) in [4.78, 5) is 37.9. The minimum Gasteiger partial charge on any atom is -0.363 e. The highest BCUT2D eigenvalue weighted by Gasteiger charge is 2.27. The van der Waals surface area contributed by atoms with Crippen LogP contribution in [0.4, 0.5) is 11.4 Å². The van der Waals surface area contributed by atoms with Crippen LogP contribution in [0.15, 0.2) is 73.2 Å². The number of carbonyl (C=O) groups is 2. The molecule has 7 heteroatoms. The van der Waals surface area contributed by atoms with Gasteiger partial charge in [0.15, 0.2) is 0 Å². The molecule has 0 bridgehead atoms. The van der Waals surface area contributed by atoms with Gasteiger partial charge < -0.3 is 20.1 Å². The molecule has 3 aromatic carbocycles. The van der Waals surface area contributed by atoms with Crippen LogP contribution in [-0.4, -0.2) is 39.8 Å². The van der Waals surface area contributed by atoms with Gasteiger partial charge in [0.25, 0.3) is 5.91 Å². The highest BCUT2D eigenvalue weighted by Crippen LogP contribution is 2.31. The SMILES string of the molecule is CC(C)(C)C(=O)Nc1ccc2c(c1)N(Cc1c[nH]cn1)CCN(C(=O)c1cccc3ccccc13)C2. The maximum atomic E-state index is 13.8. The van der Waals surface area contributed by atoms with E-state index in [1.54, 1.807) is 6.33 Å². The number of aromatic nitrogens is 2. The molecule has 7 nitrogen and oxygen atoms in total. The fourth-order valence-corrected chi connectivity index (χ4v) is 4.53. The van der Waals surface area contributed by atoms with Crippen molar-refractivity contribution >= 4 is 34.0 Å². The van der Waals surface area contributed by atoms with E-state index < -0.39 is 5.41 Å². The zero-order valence-corrected chi connectivity index (χ0v) is 20.9. The summed E-state index contributed by atoms with van der Waals surface area (Å²) in [5.41, 5.74) is 3.91. The van der Waals surface area contributed by atoms with Gasteiger partial charge in [-0.05, 0) is 34.5 Å². The molecule has 36 heavy (non-hydrogen) atoms. The third-order valence-corrected chi connectivity index (χ3v) is 6.58. The number of nitrogens with one attached hydrogen (secondary N) is 2. The molecule has 4 aromatic rings. The Morgan fingerprint density at radius 1 is 1.03 bits per heavy atom. The summed E-state index contributed by atoms with van der Waals surface area (Å²) in [6.07, 6.45) is 3.55. The molecule has 2 N–H and O–H groups in total. The molecule has 0 fully saturated rings. The molecular formula is C29H31N5O2. The smallest absolute Gasteiger partial charge is 0.254 e. The van der Waals surface area contributed by atoms with Crippen LogP contribution in [-0.2, 0) is 17.9 Å². The third-order valence-electron chi connectivity index (χ3n) is 6.58. The van der Waals surface area contributed by atoms with Crippen LogP contribution in [0.2, 0.25) is 0 Å². The lowest BCUT2D eigenvalue weighted by atomic mass is 9.95. The van der Waals surface area contributed by atoms with Crippen molar-refractivity contribution in [1.82, 2.24) is 14.9 Å². The van der Waals surface area contributed by atoms with Gasteiger partial charge in [-0.3, -0.25) is 9.59 Å². The van der Waals surface area contributed by atoms with Crippen molar-refractivity contribution in [3.63, 3.8) is 0 Å². The van der Waals surface area contributed by atoms with Crippen LogP contribution in [0.5, 0.6) is 0 Å². The molecule has 1 aromatic heterocycles. The average molecular weight is 482 g/mol. The van der Waals surface area contributed by atoms with Gasteiger partial charge in [0.05, 0.1) is 18.6 Å². The summed E-state index contributed by atoms with van der Waals surface area (Å²) < 4.78 is 0. The molecule has 0 radical (unpaired) electrons. The number of benzene rings is 3. The predicted octanol–water partition coefficient (Wildman–Crippen LogP) is 5.21. The van der Waals surface area contributed by atoms with Crippen LogP contribution < -0.4 is 10.2 Å². The summed E-state index contributed by atoms with van der Waals surface area (Å²) >= 11 is 0. The van der Waals surface area contributed by atoms with Gasteiger partial charge in [0.2, 0.25) is 5.91 Å². The first kappa shape index (κ1) is 23.6. The first-order chi connectivity index (χ1) is 17.3. The zero-order chi connectivity index (χ0) is 25.3. The van der Waals surface area contributed by atoms with Crippen molar-refractivity contribution in [3.8, 4) is 0 Å². The molecule has 5 rings (SSSR count). The Balaban J connectivity index is 1.48. The van der Waals surface area contributed by atoms with Crippen molar-refractivity contribution < 1.29 is 9.59 Å². The second-order valence-corrected chi connectivity index (χ2v) is 10.3. The van der Waals surface area contributed by atoms with Crippen LogP contribution >= 0.6 is 0 Å². The number of carbonyl (C=O) groups excluding carboxylic acids is 2. The van der Waals surface area contributed by atoms with Crippen LogP contribution in [0.25, 0.3) is 10.8 Å². The lowest BCUT2D eigenvalue weighted by Gasteiger charge is -2.25. The first-order valence-corrected chi connectivity index (χ1v) is 12.2. The number of anilines is 2. The average Bonchev–Trinajstić information content (AvgIpc) is 3.31. The number of hydrogen-bond donors (Lipinski definition) is 2. The van der Waals surface area contributed by atoms with Gasteiger partial charge in [0.1, 0.15) is 0 Å². The van der Waals surface area contributed by atoms with Gasteiger partial charge >= 0.3 is 0 Å². The van der Waals surface area contributed by atoms with Crippen molar-refractivity contribution in [1.29, 1.82) is 0 Å². The summed E-state index contributed by atoms with van der Waals surface area (Å²) in [5.74, 6) is -0.0211. The number of amides is 2. The topological polar surface area (TPSA) is 81.3 Å². The Labute approximate surface area is 211 Å². The molecule has 184 valence electrons. The molecule has 0 saturated heterocycles. The Kier molecular flexibility index (Phi) is 6.22. The van der Waals surface area contributed by atoms with Crippen molar-refractivity contribution in [2.24, 2.45) is 5.41 Å². The lowest BCUT2D eigenvalue weighted by Crippen LogP contribution is -2.35. The maximum Gasteiger partial charge on any atom is 0.254 e. The van der Waals surface area contributed by atoms with Gasteiger partial charge in [-0.2, -0.15) is 0 Å². The van der Waals surface area contributed by atoms with E-state index in [1.807, 2.05) is 92.5 Å². The molecular weight excluding hydrogens is 450 g/mol. The predicted molar refractivity (Wildman–Crippen MR) is 143 cm³/mol. The summed E-state index contributed by atoms with van der Waals surface area (Å²) in [7, 11) is 0. The van der Waals surface area contributed by atoms with Crippen LogP contribution in [0.3, 0.4) is 0 Å². The van der Waals surface area contributed by atoms with Gasteiger partial charge in [-0.25, -0.2) is 4.98 Å². The van der Waals surface area contributed by atoms with Crippen molar-refractivity contribution in [2.75, 3.05) is 23.3 Å². The molecule has 0 spiro atoms. The molecule has 1 aliphatic heterocycles. The molecule has 2 amide bonds. The maximum absolute atomic E-state index is 13.8. The summed E-state index contributed by atoms with van der Waals surface area (Å²) in [6.45, 7) is 7.99. The molecule has 0 atom stereocenters. The summed E-state index contributed by atoms with van der Waals surface area (Å²) in [6, 6.07) is 19.8. The van der Waals surface area contributed by atoms with Gasteiger partial charge in [0, 0.05) is 48.2 Å². The Morgan fingerprint density at radius 2 is 1.83 bits per heavy atom. The van der Waals surface area contributed by atoms with E-state index in [0.29, 0.717) is 31.7 Å². The highest BCUT2D eigenvalue weighted by atomic mass is 16.2. The number of imidazole rings is 1. The minimum absolute atomic E-state index is 0.0180. The van der Waals surface area contributed by atoms with Crippen LogP contribution in [0.1, 0.15) is 42.4 Å². The Bertz CT molecular complexity index is 1400. The lowest BCUT2D eigenvalue weighted by molar-refractivity contribution is -0.123. The molecule has 0 saturated carbocycles. The fraction of sp³-hybridized carbons (Fsp3) is 0.276. The highest BCUT2D eigenvalue weighted by molar-refractivity contribution is 6.07.